The Kier molecular flexibility index (Phi) is 2.60. The van der Waals surface area contributed by atoms with E-state index in [1.807, 2.05) is 31.2 Å². The van der Waals surface area contributed by atoms with Gasteiger partial charge < -0.3 is 0 Å². The maximum atomic E-state index is 12.3. The standard InChI is InChI=1S/C18H18O/c1-12-17(19)15-10-9-14(11-16(15)18(12,2)3)13-7-5-4-6-8-13/h4-12H,1-3H3/t12-/m0/s1. The van der Waals surface area contributed by atoms with E-state index in [1.165, 1.54) is 16.7 Å². The molecule has 2 aromatic carbocycles. The summed E-state index contributed by atoms with van der Waals surface area (Å²) in [6, 6.07) is 16.6. The summed E-state index contributed by atoms with van der Waals surface area (Å²) in [6.07, 6.45) is 0. The SMILES string of the molecule is C[C@H]1C(=O)c2ccc(-c3ccccc3)cc2C1(C)C. The van der Waals surface area contributed by atoms with Gasteiger partial charge in [-0.25, -0.2) is 0 Å². The molecule has 0 radical (unpaired) electrons. The van der Waals surface area contributed by atoms with Gasteiger partial charge in [-0.15, -0.1) is 0 Å². The molecule has 0 saturated carbocycles. The molecule has 96 valence electrons. The van der Waals surface area contributed by atoms with Crippen molar-refractivity contribution < 1.29 is 4.79 Å². The zero-order chi connectivity index (χ0) is 13.6. The molecule has 0 saturated heterocycles. The van der Waals surface area contributed by atoms with Crippen molar-refractivity contribution in [3.05, 3.63) is 59.7 Å². The maximum Gasteiger partial charge on any atom is 0.166 e. The number of carbonyl (C=O) groups excluding carboxylic acids is 1. The van der Waals surface area contributed by atoms with Gasteiger partial charge in [0.1, 0.15) is 0 Å². The van der Waals surface area contributed by atoms with Crippen LogP contribution in [0.5, 0.6) is 0 Å². The Hall–Kier alpha value is -1.89. The number of carbonyl (C=O) groups is 1. The Morgan fingerprint density at radius 3 is 2.32 bits per heavy atom. The molecule has 0 amide bonds. The van der Waals surface area contributed by atoms with E-state index in [0.717, 1.165) is 5.56 Å². The molecule has 0 unspecified atom stereocenters. The van der Waals surface area contributed by atoms with E-state index < -0.39 is 0 Å². The van der Waals surface area contributed by atoms with Crippen LogP contribution in [0.25, 0.3) is 11.1 Å². The molecule has 0 aliphatic heterocycles. The van der Waals surface area contributed by atoms with Gasteiger partial charge in [-0.2, -0.15) is 0 Å². The van der Waals surface area contributed by atoms with Crippen molar-refractivity contribution in [2.24, 2.45) is 5.92 Å². The smallest absolute Gasteiger partial charge is 0.166 e. The van der Waals surface area contributed by atoms with Crippen LogP contribution >= 0.6 is 0 Å². The average Bonchev–Trinajstić information content (AvgIpc) is 2.61. The van der Waals surface area contributed by atoms with Crippen molar-refractivity contribution in [2.75, 3.05) is 0 Å². The average molecular weight is 250 g/mol. The second-order valence-electron chi connectivity index (χ2n) is 5.93. The fourth-order valence-corrected chi connectivity index (χ4v) is 2.90. The monoisotopic (exact) mass is 250 g/mol. The van der Waals surface area contributed by atoms with Crippen LogP contribution in [0.2, 0.25) is 0 Å². The first-order chi connectivity index (χ1) is 9.01. The van der Waals surface area contributed by atoms with Gasteiger partial charge in [0.05, 0.1) is 0 Å². The lowest BCUT2D eigenvalue weighted by Crippen LogP contribution is -2.23. The molecule has 0 aromatic heterocycles. The Balaban J connectivity index is 2.17. The van der Waals surface area contributed by atoms with E-state index in [9.17, 15) is 4.79 Å². The van der Waals surface area contributed by atoms with E-state index in [0.29, 0.717) is 0 Å². The largest absolute Gasteiger partial charge is 0.294 e. The highest BCUT2D eigenvalue weighted by Crippen LogP contribution is 2.43. The number of ketones is 1. The highest BCUT2D eigenvalue weighted by molar-refractivity contribution is 6.04. The quantitative estimate of drug-likeness (QED) is 0.730. The van der Waals surface area contributed by atoms with Gasteiger partial charge in [0.15, 0.2) is 5.78 Å². The second kappa shape index (κ2) is 4.06. The van der Waals surface area contributed by atoms with Gasteiger partial charge in [-0.3, -0.25) is 4.79 Å². The van der Waals surface area contributed by atoms with Crippen LogP contribution in [0.1, 0.15) is 36.7 Å². The molecule has 0 fully saturated rings. The van der Waals surface area contributed by atoms with E-state index in [4.69, 9.17) is 0 Å². The molecular formula is C18H18O. The Bertz CT molecular complexity index is 638. The van der Waals surface area contributed by atoms with Crippen molar-refractivity contribution in [3.8, 4) is 11.1 Å². The molecule has 1 aliphatic rings. The van der Waals surface area contributed by atoms with Gasteiger partial charge in [0.25, 0.3) is 0 Å². The fourth-order valence-electron chi connectivity index (χ4n) is 2.90. The van der Waals surface area contributed by atoms with Gasteiger partial charge >= 0.3 is 0 Å². The number of Topliss-reactive ketones (excluding diaryl/α,β-unsaturated/α-hetero) is 1. The molecule has 0 bridgehead atoms. The molecule has 1 nitrogen and oxygen atoms in total. The molecule has 1 aliphatic carbocycles. The number of fused-ring (bicyclic) bond motifs is 1. The summed E-state index contributed by atoms with van der Waals surface area (Å²) in [5, 5.41) is 0. The minimum Gasteiger partial charge on any atom is -0.294 e. The number of benzene rings is 2. The van der Waals surface area contributed by atoms with Crippen molar-refractivity contribution in [1.82, 2.24) is 0 Å². The minimum absolute atomic E-state index is 0.0634. The lowest BCUT2D eigenvalue weighted by molar-refractivity contribution is 0.0912. The van der Waals surface area contributed by atoms with Gasteiger partial charge in [0.2, 0.25) is 0 Å². The fraction of sp³-hybridized carbons (Fsp3) is 0.278. The van der Waals surface area contributed by atoms with Crippen LogP contribution in [0.3, 0.4) is 0 Å². The van der Waals surface area contributed by atoms with Crippen LogP contribution in [0, 0.1) is 5.92 Å². The Morgan fingerprint density at radius 2 is 1.63 bits per heavy atom. The van der Waals surface area contributed by atoms with Crippen LogP contribution in [0.15, 0.2) is 48.5 Å². The second-order valence-corrected chi connectivity index (χ2v) is 5.93. The first kappa shape index (κ1) is 12.2. The first-order valence-corrected chi connectivity index (χ1v) is 6.76. The topological polar surface area (TPSA) is 17.1 Å². The number of hydrogen-bond donors (Lipinski definition) is 0. The maximum absolute atomic E-state index is 12.3. The molecule has 19 heavy (non-hydrogen) atoms. The number of rotatable bonds is 1. The van der Waals surface area contributed by atoms with Crippen LogP contribution in [0.4, 0.5) is 0 Å². The summed E-state index contributed by atoms with van der Waals surface area (Å²) < 4.78 is 0. The Morgan fingerprint density at radius 1 is 0.947 bits per heavy atom. The summed E-state index contributed by atoms with van der Waals surface area (Å²) >= 11 is 0. The molecule has 1 atom stereocenters. The lowest BCUT2D eigenvalue weighted by atomic mass is 9.79. The van der Waals surface area contributed by atoms with E-state index in [-0.39, 0.29) is 17.1 Å². The first-order valence-electron chi connectivity index (χ1n) is 6.76. The predicted molar refractivity (Wildman–Crippen MR) is 78.4 cm³/mol. The molecule has 0 spiro atoms. The molecule has 3 rings (SSSR count). The number of hydrogen-bond acceptors (Lipinski definition) is 1. The molecule has 1 heteroatoms. The molecule has 0 N–H and O–H groups in total. The summed E-state index contributed by atoms with van der Waals surface area (Å²) in [5.74, 6) is 0.341. The molecular weight excluding hydrogens is 232 g/mol. The third kappa shape index (κ3) is 1.73. The zero-order valence-corrected chi connectivity index (χ0v) is 11.6. The summed E-state index contributed by atoms with van der Waals surface area (Å²) in [4.78, 5) is 12.3. The third-order valence-electron chi connectivity index (χ3n) is 4.56. The van der Waals surface area contributed by atoms with Crippen molar-refractivity contribution in [2.45, 2.75) is 26.2 Å². The molecule has 2 aromatic rings. The normalized spacial score (nSPS) is 20.4. The zero-order valence-electron chi connectivity index (χ0n) is 11.6. The summed E-state index contributed by atoms with van der Waals surface area (Å²) in [6.45, 7) is 6.36. The summed E-state index contributed by atoms with van der Waals surface area (Å²) in [7, 11) is 0. The van der Waals surface area contributed by atoms with E-state index in [2.05, 4.69) is 38.1 Å². The predicted octanol–water partition coefficient (Wildman–Crippen LogP) is 4.46. The Labute approximate surface area is 114 Å². The van der Waals surface area contributed by atoms with Gasteiger partial charge in [-0.1, -0.05) is 63.2 Å². The summed E-state index contributed by atoms with van der Waals surface area (Å²) in [5.41, 5.74) is 4.41. The lowest BCUT2D eigenvalue weighted by Gasteiger charge is -2.24. The third-order valence-corrected chi connectivity index (χ3v) is 4.56. The van der Waals surface area contributed by atoms with Crippen molar-refractivity contribution in [1.29, 1.82) is 0 Å². The van der Waals surface area contributed by atoms with Gasteiger partial charge in [0, 0.05) is 16.9 Å². The van der Waals surface area contributed by atoms with Crippen LogP contribution in [-0.2, 0) is 5.41 Å². The minimum atomic E-state index is -0.0722. The van der Waals surface area contributed by atoms with Gasteiger partial charge in [-0.05, 0) is 22.8 Å². The van der Waals surface area contributed by atoms with Crippen molar-refractivity contribution in [3.63, 3.8) is 0 Å². The van der Waals surface area contributed by atoms with Crippen molar-refractivity contribution >= 4 is 5.78 Å². The molecule has 0 heterocycles. The van der Waals surface area contributed by atoms with E-state index in [1.54, 1.807) is 0 Å². The highest BCUT2D eigenvalue weighted by Gasteiger charge is 2.42. The van der Waals surface area contributed by atoms with Crippen LogP contribution in [-0.4, -0.2) is 5.78 Å². The van der Waals surface area contributed by atoms with Crippen LogP contribution < -0.4 is 0 Å². The van der Waals surface area contributed by atoms with E-state index >= 15 is 0 Å². The highest BCUT2D eigenvalue weighted by atomic mass is 16.1.